The average Bonchev–Trinajstić information content (AvgIpc) is 2.55. The van der Waals surface area contributed by atoms with Crippen molar-refractivity contribution >= 4 is 5.97 Å². The quantitative estimate of drug-likeness (QED) is 0.879. The van der Waals surface area contributed by atoms with E-state index in [1.165, 1.54) is 6.07 Å². The number of morpholine rings is 1. The number of aromatic amines is 1. The molecule has 0 aliphatic carbocycles. The summed E-state index contributed by atoms with van der Waals surface area (Å²) < 4.78 is 5.56. The van der Waals surface area contributed by atoms with E-state index in [2.05, 4.69) is 14.9 Å². The van der Waals surface area contributed by atoms with Crippen LogP contribution < -0.4 is 5.56 Å². The van der Waals surface area contributed by atoms with Crippen LogP contribution in [0.25, 0.3) is 0 Å². The molecule has 1 aliphatic heterocycles. The van der Waals surface area contributed by atoms with Gasteiger partial charge in [0.05, 0.1) is 30.5 Å². The monoisotopic (exact) mass is 329 g/mol. The van der Waals surface area contributed by atoms with Gasteiger partial charge in [-0.3, -0.25) is 9.69 Å². The van der Waals surface area contributed by atoms with E-state index in [1.54, 1.807) is 19.1 Å². The number of nitrogens with zero attached hydrogens (tertiary/aromatic N) is 2. The molecule has 3 rings (SSSR count). The first-order valence-corrected chi connectivity index (χ1v) is 7.75. The van der Waals surface area contributed by atoms with E-state index in [1.807, 2.05) is 12.1 Å². The van der Waals surface area contributed by atoms with Crippen molar-refractivity contribution in [3.05, 3.63) is 63.3 Å². The third kappa shape index (κ3) is 3.69. The SMILES string of the molecule is Cc1nc([C@H]2COCCN2Cc2ccc(C(=O)O)cc2)cc(=O)[nH]1. The molecule has 0 unspecified atom stereocenters. The minimum absolute atomic E-state index is 0.0982. The molecule has 0 radical (unpaired) electrons. The number of rotatable bonds is 4. The summed E-state index contributed by atoms with van der Waals surface area (Å²) in [6.07, 6.45) is 0. The van der Waals surface area contributed by atoms with E-state index in [4.69, 9.17) is 9.84 Å². The average molecular weight is 329 g/mol. The number of aromatic carboxylic acids is 1. The fourth-order valence-electron chi connectivity index (χ4n) is 2.86. The van der Waals surface area contributed by atoms with Gasteiger partial charge in [-0.15, -0.1) is 0 Å². The van der Waals surface area contributed by atoms with E-state index in [-0.39, 0.29) is 17.2 Å². The van der Waals surface area contributed by atoms with Crippen LogP contribution in [0.1, 0.15) is 33.5 Å². The zero-order valence-corrected chi connectivity index (χ0v) is 13.4. The van der Waals surface area contributed by atoms with Crippen LogP contribution in [0.2, 0.25) is 0 Å². The van der Waals surface area contributed by atoms with Gasteiger partial charge in [-0.25, -0.2) is 9.78 Å². The number of H-pyrrole nitrogens is 1. The van der Waals surface area contributed by atoms with Crippen LogP contribution in [-0.4, -0.2) is 45.7 Å². The summed E-state index contributed by atoms with van der Waals surface area (Å²) in [5.74, 6) is -0.359. The molecule has 1 fully saturated rings. The molecule has 0 spiro atoms. The Morgan fingerprint density at radius 2 is 2.17 bits per heavy atom. The summed E-state index contributed by atoms with van der Waals surface area (Å²) in [5.41, 5.74) is 1.80. The summed E-state index contributed by atoms with van der Waals surface area (Å²) in [4.78, 5) is 31.9. The maximum Gasteiger partial charge on any atom is 0.335 e. The topological polar surface area (TPSA) is 95.5 Å². The minimum atomic E-state index is -0.936. The van der Waals surface area contributed by atoms with Gasteiger partial charge in [-0.1, -0.05) is 12.1 Å². The molecular formula is C17H19N3O4. The maximum absolute atomic E-state index is 11.7. The largest absolute Gasteiger partial charge is 0.478 e. The molecular weight excluding hydrogens is 310 g/mol. The van der Waals surface area contributed by atoms with Crippen LogP contribution in [0, 0.1) is 6.92 Å². The number of nitrogens with one attached hydrogen (secondary N) is 1. The van der Waals surface area contributed by atoms with E-state index in [0.717, 1.165) is 12.1 Å². The Bertz CT molecular complexity index is 785. The van der Waals surface area contributed by atoms with E-state index in [0.29, 0.717) is 31.3 Å². The Kier molecular flexibility index (Phi) is 4.73. The van der Waals surface area contributed by atoms with Gasteiger partial charge >= 0.3 is 5.97 Å². The third-order valence-electron chi connectivity index (χ3n) is 4.05. The van der Waals surface area contributed by atoms with Crippen LogP contribution >= 0.6 is 0 Å². The van der Waals surface area contributed by atoms with Crippen LogP contribution in [0.4, 0.5) is 0 Å². The summed E-state index contributed by atoms with van der Waals surface area (Å²) >= 11 is 0. The zero-order chi connectivity index (χ0) is 17.1. The molecule has 2 aromatic rings. The van der Waals surface area contributed by atoms with Crippen LogP contribution in [0.3, 0.4) is 0 Å². The number of hydrogen-bond acceptors (Lipinski definition) is 5. The normalized spacial score (nSPS) is 18.5. The molecule has 126 valence electrons. The van der Waals surface area contributed by atoms with Crippen molar-refractivity contribution in [2.75, 3.05) is 19.8 Å². The number of hydrogen-bond donors (Lipinski definition) is 2. The second-order valence-corrected chi connectivity index (χ2v) is 5.82. The van der Waals surface area contributed by atoms with Crippen molar-refractivity contribution in [3.63, 3.8) is 0 Å². The minimum Gasteiger partial charge on any atom is -0.478 e. The predicted octanol–water partition coefficient (Wildman–Crippen LogP) is 1.35. The van der Waals surface area contributed by atoms with Gasteiger partial charge in [0.15, 0.2) is 0 Å². The van der Waals surface area contributed by atoms with Gasteiger partial charge in [0.25, 0.3) is 5.56 Å². The Morgan fingerprint density at radius 3 is 2.83 bits per heavy atom. The van der Waals surface area contributed by atoms with Gasteiger partial charge in [0.1, 0.15) is 5.82 Å². The van der Waals surface area contributed by atoms with Crippen LogP contribution in [-0.2, 0) is 11.3 Å². The van der Waals surface area contributed by atoms with Crippen molar-refractivity contribution in [2.45, 2.75) is 19.5 Å². The summed E-state index contributed by atoms with van der Waals surface area (Å²) in [7, 11) is 0. The fourth-order valence-corrected chi connectivity index (χ4v) is 2.86. The van der Waals surface area contributed by atoms with Crippen molar-refractivity contribution in [1.29, 1.82) is 0 Å². The number of benzene rings is 1. The van der Waals surface area contributed by atoms with Crippen molar-refractivity contribution in [3.8, 4) is 0 Å². The lowest BCUT2D eigenvalue weighted by Crippen LogP contribution is -2.40. The molecule has 1 aromatic heterocycles. The Balaban J connectivity index is 1.81. The first kappa shape index (κ1) is 16.4. The lowest BCUT2D eigenvalue weighted by atomic mass is 10.1. The second kappa shape index (κ2) is 6.94. The van der Waals surface area contributed by atoms with Crippen molar-refractivity contribution < 1.29 is 14.6 Å². The molecule has 0 saturated carbocycles. The molecule has 1 aromatic carbocycles. The first-order chi connectivity index (χ1) is 11.5. The number of aryl methyl sites for hydroxylation is 1. The highest BCUT2D eigenvalue weighted by atomic mass is 16.5. The van der Waals surface area contributed by atoms with Gasteiger partial charge in [0.2, 0.25) is 0 Å². The van der Waals surface area contributed by atoms with Crippen LogP contribution in [0.15, 0.2) is 35.1 Å². The van der Waals surface area contributed by atoms with E-state index in [9.17, 15) is 9.59 Å². The standard InChI is InChI=1S/C17H19N3O4/c1-11-18-14(8-16(21)19-11)15-10-24-7-6-20(15)9-12-2-4-13(5-3-12)17(22)23/h2-5,8,15H,6-7,9-10H2,1H3,(H,22,23)(H,18,19,21)/t15-/m1/s1. The maximum atomic E-state index is 11.7. The summed E-state index contributed by atoms with van der Waals surface area (Å²) in [6, 6.07) is 8.23. The molecule has 7 heteroatoms. The predicted molar refractivity (Wildman–Crippen MR) is 87.0 cm³/mol. The number of ether oxygens (including phenoxy) is 1. The lowest BCUT2D eigenvalue weighted by molar-refractivity contribution is -0.0143. The number of carbonyl (C=O) groups is 1. The molecule has 2 N–H and O–H groups in total. The molecule has 24 heavy (non-hydrogen) atoms. The van der Waals surface area contributed by atoms with Crippen molar-refractivity contribution in [2.24, 2.45) is 0 Å². The van der Waals surface area contributed by atoms with Gasteiger partial charge in [-0.2, -0.15) is 0 Å². The second-order valence-electron chi connectivity index (χ2n) is 5.82. The molecule has 1 aliphatic rings. The Labute approximate surface area is 138 Å². The highest BCUT2D eigenvalue weighted by Crippen LogP contribution is 2.24. The highest BCUT2D eigenvalue weighted by Gasteiger charge is 2.26. The molecule has 0 bridgehead atoms. The molecule has 1 saturated heterocycles. The van der Waals surface area contributed by atoms with Crippen LogP contribution in [0.5, 0.6) is 0 Å². The molecule has 7 nitrogen and oxygen atoms in total. The zero-order valence-electron chi connectivity index (χ0n) is 13.4. The smallest absolute Gasteiger partial charge is 0.335 e. The molecule has 0 amide bonds. The fraction of sp³-hybridized carbons (Fsp3) is 0.353. The summed E-state index contributed by atoms with van der Waals surface area (Å²) in [5, 5.41) is 8.97. The highest BCUT2D eigenvalue weighted by molar-refractivity contribution is 5.87. The van der Waals surface area contributed by atoms with Gasteiger partial charge in [0, 0.05) is 19.2 Å². The number of carboxylic acids is 1. The molecule has 2 heterocycles. The number of aromatic nitrogens is 2. The summed E-state index contributed by atoms with van der Waals surface area (Å²) in [6.45, 7) is 4.21. The van der Waals surface area contributed by atoms with E-state index < -0.39 is 5.97 Å². The van der Waals surface area contributed by atoms with Crippen molar-refractivity contribution in [1.82, 2.24) is 14.9 Å². The number of carboxylic acid groups (broad SMARTS) is 1. The molecule has 1 atom stereocenters. The Hall–Kier alpha value is -2.51. The Morgan fingerprint density at radius 1 is 1.42 bits per heavy atom. The van der Waals surface area contributed by atoms with E-state index >= 15 is 0 Å². The first-order valence-electron chi connectivity index (χ1n) is 7.75. The third-order valence-corrected chi connectivity index (χ3v) is 4.05. The lowest BCUT2D eigenvalue weighted by Gasteiger charge is -2.35. The van der Waals surface area contributed by atoms with Gasteiger partial charge < -0.3 is 14.8 Å². The van der Waals surface area contributed by atoms with Gasteiger partial charge in [-0.05, 0) is 24.6 Å².